The van der Waals surface area contributed by atoms with Gasteiger partial charge in [0.2, 0.25) is 0 Å². The number of benzene rings is 2. The Labute approximate surface area is 183 Å². The second kappa shape index (κ2) is 8.67. The minimum absolute atomic E-state index is 0.0412. The smallest absolute Gasteiger partial charge is 0.256 e. The average Bonchev–Trinajstić information content (AvgIpc) is 3.54. The second-order valence-corrected chi connectivity index (χ2v) is 7.37. The number of amides is 1. The number of aromatic nitrogens is 6. The second-order valence-electron chi connectivity index (χ2n) is 7.37. The highest BCUT2D eigenvalue weighted by Crippen LogP contribution is 2.23. The van der Waals surface area contributed by atoms with Gasteiger partial charge in [-0.05, 0) is 36.2 Å². The Kier molecular flexibility index (Phi) is 5.42. The summed E-state index contributed by atoms with van der Waals surface area (Å²) in [7, 11) is 0. The van der Waals surface area contributed by atoms with E-state index < -0.39 is 5.82 Å². The Hall–Kier alpha value is -3.92. The van der Waals surface area contributed by atoms with Crippen molar-refractivity contribution in [1.82, 2.24) is 34.9 Å². The molecule has 1 atom stereocenters. The molecule has 1 saturated heterocycles. The number of carbonyl (C=O) groups excluding carboxylic acids is 1. The molecule has 162 valence electrons. The Morgan fingerprint density at radius 3 is 2.50 bits per heavy atom. The van der Waals surface area contributed by atoms with Crippen LogP contribution in [0.2, 0.25) is 0 Å². The van der Waals surface area contributed by atoms with Crippen LogP contribution in [-0.4, -0.2) is 66.6 Å². The Bertz CT molecular complexity index is 1210. The number of hydrogen-bond acceptors (Lipinski definition) is 6. The van der Waals surface area contributed by atoms with Gasteiger partial charge in [0, 0.05) is 6.54 Å². The highest BCUT2D eigenvalue weighted by Gasteiger charge is 2.31. The molecule has 9 nitrogen and oxygen atoms in total. The zero-order chi connectivity index (χ0) is 21.9. The quantitative estimate of drug-likeness (QED) is 0.479. The topological polar surface area (TPSA) is 91.0 Å². The van der Waals surface area contributed by atoms with Gasteiger partial charge in [-0.2, -0.15) is 25.2 Å². The summed E-state index contributed by atoms with van der Waals surface area (Å²) in [6.45, 7) is 1.22. The van der Waals surface area contributed by atoms with Gasteiger partial charge in [-0.1, -0.05) is 18.2 Å². The van der Waals surface area contributed by atoms with E-state index in [0.29, 0.717) is 26.2 Å². The van der Waals surface area contributed by atoms with Crippen molar-refractivity contribution in [2.75, 3.05) is 19.8 Å². The van der Waals surface area contributed by atoms with E-state index in [4.69, 9.17) is 4.74 Å². The van der Waals surface area contributed by atoms with E-state index >= 15 is 0 Å². The molecule has 0 spiro atoms. The predicted octanol–water partition coefficient (Wildman–Crippen LogP) is 2.07. The minimum atomic E-state index is -0.559. The number of nitrogens with zero attached hydrogens (tertiary/aromatic N) is 7. The fraction of sp³-hybridized carbons (Fsp3) is 0.227. The summed E-state index contributed by atoms with van der Waals surface area (Å²) in [6, 6.07) is 12.0. The molecule has 10 heteroatoms. The maximum atomic E-state index is 14.7. The van der Waals surface area contributed by atoms with Gasteiger partial charge in [-0.25, -0.2) is 4.39 Å². The summed E-state index contributed by atoms with van der Waals surface area (Å²) in [4.78, 5) is 18.0. The van der Waals surface area contributed by atoms with Gasteiger partial charge in [-0.3, -0.25) is 4.79 Å². The van der Waals surface area contributed by atoms with Crippen LogP contribution in [0.5, 0.6) is 0 Å². The average molecular weight is 433 g/mol. The van der Waals surface area contributed by atoms with E-state index in [1.807, 2.05) is 24.3 Å². The number of hydrogen-bond donors (Lipinski definition) is 0. The molecule has 32 heavy (non-hydrogen) atoms. The van der Waals surface area contributed by atoms with Crippen molar-refractivity contribution < 1.29 is 13.9 Å². The third kappa shape index (κ3) is 3.87. The summed E-state index contributed by atoms with van der Waals surface area (Å²) in [5.41, 5.74) is 2.10. The van der Waals surface area contributed by atoms with Crippen LogP contribution < -0.4 is 0 Å². The largest absolute Gasteiger partial charge is 0.377 e. The molecular formula is C22H20FN7O2. The first-order chi connectivity index (χ1) is 15.7. The molecule has 0 bridgehead atoms. The molecule has 5 rings (SSSR count). The Morgan fingerprint density at radius 1 is 1.00 bits per heavy atom. The van der Waals surface area contributed by atoms with Crippen LogP contribution in [0.15, 0.2) is 67.3 Å². The standard InChI is InChI=1S/C22H20FN7O2/c23-20-6-2-5-19(21(20)30-26-9-10-27-30)22(31)28-11-12-32-15-18(28)14-16-3-1-4-17(13-16)29-24-7-8-25-29/h1-10,13,18H,11-12,14-15H2/t18-/m1/s1. The monoisotopic (exact) mass is 433 g/mol. The predicted molar refractivity (Wildman–Crippen MR) is 112 cm³/mol. The van der Waals surface area contributed by atoms with Gasteiger partial charge in [0.15, 0.2) is 5.82 Å². The van der Waals surface area contributed by atoms with Crippen molar-refractivity contribution in [2.45, 2.75) is 12.5 Å². The lowest BCUT2D eigenvalue weighted by molar-refractivity contribution is -0.00167. The van der Waals surface area contributed by atoms with Gasteiger partial charge in [0.05, 0.1) is 55.3 Å². The van der Waals surface area contributed by atoms with Crippen molar-refractivity contribution in [1.29, 1.82) is 0 Å². The lowest BCUT2D eigenvalue weighted by atomic mass is 10.0. The highest BCUT2D eigenvalue weighted by molar-refractivity contribution is 5.98. The van der Waals surface area contributed by atoms with Crippen LogP contribution >= 0.6 is 0 Å². The number of morpholine rings is 1. The van der Waals surface area contributed by atoms with Crippen LogP contribution in [0.25, 0.3) is 11.4 Å². The molecule has 1 fully saturated rings. The normalized spacial score (nSPS) is 16.3. The molecule has 0 aliphatic carbocycles. The van der Waals surface area contributed by atoms with E-state index in [1.165, 1.54) is 24.5 Å². The van der Waals surface area contributed by atoms with Gasteiger partial charge < -0.3 is 9.64 Å². The van der Waals surface area contributed by atoms with E-state index in [2.05, 4.69) is 20.4 Å². The molecule has 0 N–H and O–H groups in total. The molecule has 1 amide bonds. The lowest BCUT2D eigenvalue weighted by Gasteiger charge is -2.36. The Morgan fingerprint density at radius 2 is 1.72 bits per heavy atom. The Balaban J connectivity index is 1.43. The van der Waals surface area contributed by atoms with Gasteiger partial charge in [-0.15, -0.1) is 4.80 Å². The molecular weight excluding hydrogens is 413 g/mol. The van der Waals surface area contributed by atoms with Crippen LogP contribution in [0.4, 0.5) is 4.39 Å². The summed E-state index contributed by atoms with van der Waals surface area (Å²) < 4.78 is 20.3. The third-order valence-electron chi connectivity index (χ3n) is 5.36. The first kappa shape index (κ1) is 20.0. The SMILES string of the molecule is O=C(c1cccc(F)c1-n1nccn1)N1CCOC[C@H]1Cc1cccc(-n2nccn2)c1. The van der Waals surface area contributed by atoms with E-state index in [9.17, 15) is 9.18 Å². The molecule has 2 aromatic carbocycles. The van der Waals surface area contributed by atoms with Crippen molar-refractivity contribution >= 4 is 5.91 Å². The molecule has 3 heterocycles. The number of halogens is 1. The molecule has 0 radical (unpaired) electrons. The van der Waals surface area contributed by atoms with Crippen molar-refractivity contribution in [3.8, 4) is 11.4 Å². The summed E-state index contributed by atoms with van der Waals surface area (Å²) in [5.74, 6) is -0.841. The van der Waals surface area contributed by atoms with Gasteiger partial charge >= 0.3 is 0 Å². The summed E-state index contributed by atoms with van der Waals surface area (Å²) in [6.07, 6.45) is 6.70. The van der Waals surface area contributed by atoms with Crippen LogP contribution in [0, 0.1) is 5.82 Å². The molecule has 0 unspecified atom stereocenters. The van der Waals surface area contributed by atoms with Crippen LogP contribution in [0.1, 0.15) is 15.9 Å². The van der Waals surface area contributed by atoms with Gasteiger partial charge in [0.1, 0.15) is 5.69 Å². The molecule has 1 aliphatic heterocycles. The van der Waals surface area contributed by atoms with E-state index in [0.717, 1.165) is 16.0 Å². The summed E-state index contributed by atoms with van der Waals surface area (Å²) >= 11 is 0. The lowest BCUT2D eigenvalue weighted by Crippen LogP contribution is -2.50. The highest BCUT2D eigenvalue weighted by atomic mass is 19.1. The van der Waals surface area contributed by atoms with Crippen molar-refractivity contribution in [3.63, 3.8) is 0 Å². The van der Waals surface area contributed by atoms with Crippen molar-refractivity contribution in [3.05, 3.63) is 84.2 Å². The first-order valence-corrected chi connectivity index (χ1v) is 10.2. The first-order valence-electron chi connectivity index (χ1n) is 10.2. The minimum Gasteiger partial charge on any atom is -0.377 e. The molecule has 0 saturated carbocycles. The number of ether oxygens (including phenoxy) is 1. The van der Waals surface area contributed by atoms with E-state index in [-0.39, 0.29) is 23.2 Å². The third-order valence-corrected chi connectivity index (χ3v) is 5.36. The van der Waals surface area contributed by atoms with Gasteiger partial charge in [0.25, 0.3) is 5.91 Å². The number of para-hydroxylation sites is 1. The van der Waals surface area contributed by atoms with Crippen LogP contribution in [0.3, 0.4) is 0 Å². The number of carbonyl (C=O) groups is 1. The molecule has 2 aromatic heterocycles. The van der Waals surface area contributed by atoms with Crippen LogP contribution in [-0.2, 0) is 11.2 Å². The van der Waals surface area contributed by atoms with Crippen molar-refractivity contribution in [2.24, 2.45) is 0 Å². The zero-order valence-corrected chi connectivity index (χ0v) is 17.1. The maximum Gasteiger partial charge on any atom is 0.256 e. The summed E-state index contributed by atoms with van der Waals surface area (Å²) in [5, 5.41) is 16.4. The maximum absolute atomic E-state index is 14.7. The number of rotatable bonds is 5. The fourth-order valence-electron chi connectivity index (χ4n) is 3.90. The zero-order valence-electron chi connectivity index (χ0n) is 17.1. The molecule has 1 aliphatic rings. The fourth-order valence-corrected chi connectivity index (χ4v) is 3.90. The molecule has 4 aromatic rings. The van der Waals surface area contributed by atoms with E-state index in [1.54, 1.807) is 28.2 Å².